The number of carbonyl (C=O) groups is 1. The van der Waals surface area contributed by atoms with Crippen LogP contribution in [0.5, 0.6) is 0 Å². The van der Waals surface area contributed by atoms with Gasteiger partial charge in [-0.3, -0.25) is 10.1 Å². The Morgan fingerprint density at radius 1 is 1.90 bits per heavy atom. The van der Waals surface area contributed by atoms with E-state index in [0.29, 0.717) is 0 Å². The van der Waals surface area contributed by atoms with Crippen molar-refractivity contribution < 1.29 is 19.4 Å². The molecule has 2 unspecified atom stereocenters. The Kier molecular flexibility index (Phi) is 2.21. The molecule has 58 valence electrons. The molecule has 1 heterocycles. The van der Waals surface area contributed by atoms with E-state index in [-0.39, 0.29) is 6.61 Å². The zero-order valence-electron chi connectivity index (χ0n) is 5.53. The van der Waals surface area contributed by atoms with Gasteiger partial charge in [0.1, 0.15) is 6.04 Å². The van der Waals surface area contributed by atoms with Gasteiger partial charge >= 0.3 is 5.97 Å². The first-order chi connectivity index (χ1) is 4.74. The van der Waals surface area contributed by atoms with E-state index in [1.54, 1.807) is 0 Å². The maximum atomic E-state index is 10.7. The minimum atomic E-state index is -1.04. The monoisotopic (exact) mass is 147 g/mol. The van der Waals surface area contributed by atoms with Crippen LogP contribution in [0.1, 0.15) is 0 Å². The highest BCUT2D eigenvalue weighted by molar-refractivity contribution is 5.76. The molecule has 10 heavy (non-hydrogen) atoms. The quantitative estimate of drug-likeness (QED) is 0.438. The fraction of sp³-hybridized carbons (Fsp3) is 0.800. The molecule has 5 heteroatoms. The molecule has 1 aliphatic heterocycles. The average Bonchev–Trinajstić information content (AvgIpc) is 2.34. The SMILES string of the molecule is COC(=O)C1COC(O)N1. The summed E-state index contributed by atoms with van der Waals surface area (Å²) >= 11 is 0. The lowest BCUT2D eigenvalue weighted by Crippen LogP contribution is -2.37. The second-order valence-corrected chi connectivity index (χ2v) is 1.93. The molecule has 0 saturated carbocycles. The smallest absolute Gasteiger partial charge is 0.325 e. The number of rotatable bonds is 1. The van der Waals surface area contributed by atoms with Crippen LogP contribution in [-0.2, 0) is 14.3 Å². The summed E-state index contributed by atoms with van der Waals surface area (Å²) in [7, 11) is 1.29. The largest absolute Gasteiger partial charge is 0.468 e. The number of methoxy groups -OCH3 is 1. The predicted molar refractivity (Wildman–Crippen MR) is 30.9 cm³/mol. The molecule has 5 nitrogen and oxygen atoms in total. The summed E-state index contributed by atoms with van der Waals surface area (Å²) in [5, 5.41) is 11.2. The number of carbonyl (C=O) groups excluding carboxylic acids is 1. The van der Waals surface area contributed by atoms with Gasteiger partial charge < -0.3 is 14.6 Å². The van der Waals surface area contributed by atoms with Crippen molar-refractivity contribution in [3.05, 3.63) is 0 Å². The van der Waals surface area contributed by atoms with Gasteiger partial charge in [-0.1, -0.05) is 0 Å². The van der Waals surface area contributed by atoms with Crippen molar-refractivity contribution in [2.75, 3.05) is 13.7 Å². The first kappa shape index (κ1) is 7.46. The van der Waals surface area contributed by atoms with Crippen LogP contribution < -0.4 is 5.32 Å². The summed E-state index contributed by atoms with van der Waals surface area (Å²) in [6.45, 7) is 0.161. The van der Waals surface area contributed by atoms with E-state index in [1.165, 1.54) is 7.11 Å². The molecule has 2 N–H and O–H groups in total. The third-order valence-corrected chi connectivity index (χ3v) is 1.25. The van der Waals surface area contributed by atoms with Crippen LogP contribution in [0.3, 0.4) is 0 Å². The summed E-state index contributed by atoms with van der Waals surface area (Å²) in [5.74, 6) is -0.420. The molecule has 0 aromatic carbocycles. The summed E-state index contributed by atoms with van der Waals surface area (Å²) in [6, 6.07) is -0.528. The fourth-order valence-corrected chi connectivity index (χ4v) is 0.734. The van der Waals surface area contributed by atoms with Gasteiger partial charge in [-0.15, -0.1) is 0 Å². The fourth-order valence-electron chi connectivity index (χ4n) is 0.734. The molecule has 1 fully saturated rings. The van der Waals surface area contributed by atoms with Gasteiger partial charge in [0.15, 0.2) is 0 Å². The van der Waals surface area contributed by atoms with Crippen LogP contribution in [0.2, 0.25) is 0 Å². The van der Waals surface area contributed by atoms with Crippen molar-refractivity contribution >= 4 is 5.97 Å². The highest BCUT2D eigenvalue weighted by atomic mass is 16.6. The van der Waals surface area contributed by atoms with Gasteiger partial charge in [0.05, 0.1) is 13.7 Å². The normalized spacial score (nSPS) is 32.2. The Morgan fingerprint density at radius 2 is 2.60 bits per heavy atom. The zero-order valence-corrected chi connectivity index (χ0v) is 5.53. The topological polar surface area (TPSA) is 67.8 Å². The zero-order chi connectivity index (χ0) is 7.56. The van der Waals surface area contributed by atoms with Crippen LogP contribution in [0.25, 0.3) is 0 Å². The molecule has 1 rings (SSSR count). The molecular formula is C5H9NO4. The van der Waals surface area contributed by atoms with Gasteiger partial charge in [-0.2, -0.15) is 0 Å². The Morgan fingerprint density at radius 3 is 3.00 bits per heavy atom. The Hall–Kier alpha value is -0.650. The van der Waals surface area contributed by atoms with Gasteiger partial charge in [0, 0.05) is 0 Å². The molecule has 0 bridgehead atoms. The third-order valence-electron chi connectivity index (χ3n) is 1.25. The lowest BCUT2D eigenvalue weighted by Gasteiger charge is -2.04. The van der Waals surface area contributed by atoms with E-state index in [2.05, 4.69) is 14.8 Å². The summed E-state index contributed by atoms with van der Waals surface area (Å²) in [4.78, 5) is 10.7. The van der Waals surface area contributed by atoms with E-state index in [0.717, 1.165) is 0 Å². The number of aliphatic hydroxyl groups excluding tert-OH is 1. The standard InChI is InChI=1S/C5H9NO4/c1-9-4(7)3-2-10-5(8)6-3/h3,5-6,8H,2H2,1H3. The number of hydrogen-bond acceptors (Lipinski definition) is 5. The van der Waals surface area contributed by atoms with Gasteiger partial charge in [-0.25, -0.2) is 0 Å². The summed E-state index contributed by atoms with van der Waals surface area (Å²) < 4.78 is 9.02. The molecule has 0 spiro atoms. The Bertz CT molecular complexity index is 138. The molecule has 0 amide bonds. The number of nitrogens with one attached hydrogen (secondary N) is 1. The van der Waals surface area contributed by atoms with Crippen molar-refractivity contribution in [2.24, 2.45) is 0 Å². The number of esters is 1. The number of hydrogen-bond donors (Lipinski definition) is 2. The number of aliphatic hydroxyl groups is 1. The number of ether oxygens (including phenoxy) is 2. The van der Waals surface area contributed by atoms with Crippen LogP contribution in [-0.4, -0.2) is 37.2 Å². The second kappa shape index (κ2) is 2.96. The maximum absolute atomic E-state index is 10.7. The van der Waals surface area contributed by atoms with E-state index in [9.17, 15) is 4.79 Å². The van der Waals surface area contributed by atoms with E-state index in [1.807, 2.05) is 0 Å². The highest BCUT2D eigenvalue weighted by Crippen LogP contribution is 2.00. The third kappa shape index (κ3) is 1.44. The summed E-state index contributed by atoms with van der Waals surface area (Å²) in [6.07, 6.45) is -1.04. The van der Waals surface area contributed by atoms with Crippen LogP contribution >= 0.6 is 0 Å². The Balaban J connectivity index is 2.37. The Labute approximate surface area is 57.9 Å². The van der Waals surface area contributed by atoms with Gasteiger partial charge in [-0.05, 0) is 0 Å². The molecule has 0 aromatic heterocycles. The van der Waals surface area contributed by atoms with E-state index in [4.69, 9.17) is 5.11 Å². The van der Waals surface area contributed by atoms with Crippen molar-refractivity contribution in [1.82, 2.24) is 5.32 Å². The first-order valence-corrected chi connectivity index (χ1v) is 2.87. The summed E-state index contributed by atoms with van der Waals surface area (Å²) in [5.41, 5.74) is 0. The highest BCUT2D eigenvalue weighted by Gasteiger charge is 2.28. The molecule has 1 saturated heterocycles. The maximum Gasteiger partial charge on any atom is 0.325 e. The average molecular weight is 147 g/mol. The van der Waals surface area contributed by atoms with Crippen molar-refractivity contribution in [3.63, 3.8) is 0 Å². The lowest BCUT2D eigenvalue weighted by molar-refractivity contribution is -0.142. The van der Waals surface area contributed by atoms with Gasteiger partial charge in [0.25, 0.3) is 0 Å². The van der Waals surface area contributed by atoms with Crippen molar-refractivity contribution in [2.45, 2.75) is 12.5 Å². The minimum Gasteiger partial charge on any atom is -0.468 e. The second-order valence-electron chi connectivity index (χ2n) is 1.93. The molecule has 2 atom stereocenters. The molecule has 0 aliphatic carbocycles. The van der Waals surface area contributed by atoms with Crippen molar-refractivity contribution in [3.8, 4) is 0 Å². The predicted octanol–water partition coefficient (Wildman–Crippen LogP) is -1.58. The van der Waals surface area contributed by atoms with E-state index < -0.39 is 18.4 Å². The molecule has 0 aromatic rings. The van der Waals surface area contributed by atoms with E-state index >= 15 is 0 Å². The van der Waals surface area contributed by atoms with Crippen molar-refractivity contribution in [1.29, 1.82) is 0 Å². The first-order valence-electron chi connectivity index (χ1n) is 2.87. The molecular weight excluding hydrogens is 138 g/mol. The molecule has 1 aliphatic rings. The van der Waals surface area contributed by atoms with Crippen LogP contribution in [0, 0.1) is 0 Å². The minimum absolute atomic E-state index is 0.161. The van der Waals surface area contributed by atoms with Gasteiger partial charge in [0.2, 0.25) is 6.41 Å². The molecule has 0 radical (unpaired) electrons. The lowest BCUT2D eigenvalue weighted by atomic mass is 10.3. The van der Waals surface area contributed by atoms with Crippen LogP contribution in [0.4, 0.5) is 0 Å². The van der Waals surface area contributed by atoms with Crippen LogP contribution in [0.15, 0.2) is 0 Å².